The third kappa shape index (κ3) is 6.83. The first-order chi connectivity index (χ1) is 17.4. The van der Waals surface area contributed by atoms with Crippen molar-refractivity contribution in [2.24, 2.45) is 10.7 Å². The van der Waals surface area contributed by atoms with Crippen LogP contribution >= 0.6 is 0 Å². The minimum atomic E-state index is 0.293. The number of fused-ring (bicyclic) bond motifs is 1. The van der Waals surface area contributed by atoms with Gasteiger partial charge in [-0.1, -0.05) is 13.8 Å². The predicted octanol–water partition coefficient (Wildman–Crippen LogP) is 4.16. The normalized spacial score (nSPS) is 15.3. The molecule has 0 atom stereocenters. The number of aromatic nitrogens is 4. The van der Waals surface area contributed by atoms with Gasteiger partial charge < -0.3 is 15.8 Å². The number of nitrogens with two attached hydrogens (primary N) is 1. The molecular weight excluding hydrogens is 452 g/mol. The van der Waals surface area contributed by atoms with Gasteiger partial charge in [0.05, 0.1) is 29.4 Å². The van der Waals surface area contributed by atoms with Crippen molar-refractivity contribution in [3.8, 4) is 0 Å². The third-order valence-electron chi connectivity index (χ3n) is 6.03. The van der Waals surface area contributed by atoms with Gasteiger partial charge in [0.15, 0.2) is 5.82 Å². The molecule has 0 aromatic carbocycles. The van der Waals surface area contributed by atoms with Crippen LogP contribution in [0.4, 0.5) is 11.6 Å². The fourth-order valence-corrected chi connectivity index (χ4v) is 4.06. The lowest BCUT2D eigenvalue weighted by atomic mass is 10.1. The number of anilines is 2. The summed E-state index contributed by atoms with van der Waals surface area (Å²) in [6.07, 6.45) is 8.63. The van der Waals surface area contributed by atoms with E-state index in [1.807, 2.05) is 30.5 Å². The van der Waals surface area contributed by atoms with Crippen LogP contribution in [0, 0.1) is 0 Å². The molecule has 3 aromatic heterocycles. The third-order valence-corrected chi connectivity index (χ3v) is 6.03. The van der Waals surface area contributed by atoms with Gasteiger partial charge in [-0.15, -0.1) is 5.10 Å². The van der Waals surface area contributed by atoms with Crippen LogP contribution in [0.5, 0.6) is 0 Å². The first kappa shape index (κ1) is 25.7. The molecule has 3 N–H and O–H groups in total. The second-order valence-electron chi connectivity index (χ2n) is 9.69. The summed E-state index contributed by atoms with van der Waals surface area (Å²) in [6.45, 7) is 12.2. The molecule has 190 valence electrons. The van der Waals surface area contributed by atoms with Crippen LogP contribution in [0.2, 0.25) is 0 Å². The first-order valence-electron chi connectivity index (χ1n) is 12.6. The molecule has 1 saturated heterocycles. The van der Waals surface area contributed by atoms with Gasteiger partial charge in [-0.25, -0.2) is 4.98 Å². The highest BCUT2D eigenvalue weighted by Crippen LogP contribution is 2.22. The topological polar surface area (TPSA) is 114 Å². The summed E-state index contributed by atoms with van der Waals surface area (Å²) in [7, 11) is 0. The number of nitrogens with one attached hydrogen (secondary N) is 1. The minimum Gasteiger partial charge on any atom is -0.404 e. The van der Waals surface area contributed by atoms with Crippen LogP contribution in [0.3, 0.4) is 0 Å². The zero-order valence-corrected chi connectivity index (χ0v) is 21.6. The largest absolute Gasteiger partial charge is 0.404 e. The van der Waals surface area contributed by atoms with E-state index in [0.717, 1.165) is 60.3 Å². The minimum absolute atomic E-state index is 0.293. The molecule has 9 nitrogen and oxygen atoms in total. The number of pyridine rings is 2. The number of aliphatic imine (C=N–C) groups is 1. The molecular formula is C27H36N8O. The summed E-state index contributed by atoms with van der Waals surface area (Å²) < 4.78 is 5.81. The van der Waals surface area contributed by atoms with Crippen LogP contribution in [0.25, 0.3) is 16.6 Å². The molecule has 0 aliphatic carbocycles. The van der Waals surface area contributed by atoms with Crippen molar-refractivity contribution in [1.29, 1.82) is 0 Å². The van der Waals surface area contributed by atoms with Crippen LogP contribution in [0.1, 0.15) is 51.2 Å². The molecule has 0 amide bonds. The molecule has 0 radical (unpaired) electrons. The average Bonchev–Trinajstić information content (AvgIpc) is 2.84. The van der Waals surface area contributed by atoms with Crippen LogP contribution < -0.4 is 11.1 Å². The maximum Gasteiger partial charge on any atom is 0.154 e. The summed E-state index contributed by atoms with van der Waals surface area (Å²) >= 11 is 0. The van der Waals surface area contributed by atoms with E-state index in [0.29, 0.717) is 29.8 Å². The van der Waals surface area contributed by atoms with Crippen molar-refractivity contribution < 1.29 is 4.74 Å². The van der Waals surface area contributed by atoms with Gasteiger partial charge in [0.1, 0.15) is 5.82 Å². The van der Waals surface area contributed by atoms with E-state index in [1.54, 1.807) is 18.6 Å². The van der Waals surface area contributed by atoms with E-state index in [2.05, 4.69) is 58.1 Å². The zero-order valence-electron chi connectivity index (χ0n) is 21.6. The molecule has 1 aliphatic rings. The highest BCUT2D eigenvalue weighted by Gasteiger charge is 2.27. The highest BCUT2D eigenvalue weighted by molar-refractivity contribution is 6.10. The van der Waals surface area contributed by atoms with Gasteiger partial charge in [0.25, 0.3) is 0 Å². The van der Waals surface area contributed by atoms with Crippen LogP contribution in [-0.2, 0) is 4.74 Å². The number of hydrogen-bond acceptors (Lipinski definition) is 9. The van der Waals surface area contributed by atoms with E-state index < -0.39 is 0 Å². The van der Waals surface area contributed by atoms with Gasteiger partial charge in [0.2, 0.25) is 0 Å². The fraction of sp³-hybridized carbons (Fsp3) is 0.444. The van der Waals surface area contributed by atoms with Crippen LogP contribution in [-0.4, -0.2) is 69.7 Å². The molecule has 36 heavy (non-hydrogen) atoms. The van der Waals surface area contributed by atoms with E-state index in [-0.39, 0.29) is 0 Å². The number of hydrogen-bond donors (Lipinski definition) is 2. The van der Waals surface area contributed by atoms with E-state index in [9.17, 15) is 0 Å². The first-order valence-corrected chi connectivity index (χ1v) is 12.6. The quantitative estimate of drug-likeness (QED) is 0.305. The van der Waals surface area contributed by atoms with Crippen molar-refractivity contribution in [2.75, 3.05) is 31.5 Å². The monoisotopic (exact) mass is 488 g/mol. The number of allylic oxidation sites excluding steroid dienone is 1. The Kier molecular flexibility index (Phi) is 8.56. The Hall–Kier alpha value is -3.43. The van der Waals surface area contributed by atoms with Crippen molar-refractivity contribution in [1.82, 2.24) is 25.1 Å². The molecule has 0 unspecified atom stereocenters. The molecule has 0 bridgehead atoms. The maximum atomic E-state index is 5.92. The fourth-order valence-electron chi connectivity index (χ4n) is 4.06. The lowest BCUT2D eigenvalue weighted by molar-refractivity contribution is -0.0802. The SMILES string of the molecule is CC(C)OC1CN(CCCN=CC(=CN)c2cnc3ccc(Nc4cc(C(C)C)cnn4)nc3c2)C1. The molecule has 0 spiro atoms. The van der Waals surface area contributed by atoms with Crippen molar-refractivity contribution in [3.05, 3.63) is 54.0 Å². The lowest BCUT2D eigenvalue weighted by Gasteiger charge is -2.39. The Bertz CT molecular complexity index is 1220. The highest BCUT2D eigenvalue weighted by atomic mass is 16.5. The van der Waals surface area contributed by atoms with E-state index in [1.165, 1.54) is 0 Å². The smallest absolute Gasteiger partial charge is 0.154 e. The van der Waals surface area contributed by atoms with Gasteiger partial charge >= 0.3 is 0 Å². The Morgan fingerprint density at radius 1 is 1.17 bits per heavy atom. The Balaban J connectivity index is 1.35. The van der Waals surface area contributed by atoms with Crippen molar-refractivity contribution >= 4 is 34.5 Å². The molecule has 9 heteroatoms. The summed E-state index contributed by atoms with van der Waals surface area (Å²) in [5, 5.41) is 11.5. The lowest BCUT2D eigenvalue weighted by Crippen LogP contribution is -2.53. The van der Waals surface area contributed by atoms with E-state index >= 15 is 0 Å². The van der Waals surface area contributed by atoms with Gasteiger partial charge in [-0.05, 0) is 56.0 Å². The van der Waals surface area contributed by atoms with Gasteiger partial charge in [0, 0.05) is 55.9 Å². The van der Waals surface area contributed by atoms with Crippen molar-refractivity contribution in [3.63, 3.8) is 0 Å². The van der Waals surface area contributed by atoms with Crippen LogP contribution in [0.15, 0.2) is 47.9 Å². The second-order valence-corrected chi connectivity index (χ2v) is 9.69. The van der Waals surface area contributed by atoms with E-state index in [4.69, 9.17) is 15.5 Å². The Morgan fingerprint density at radius 3 is 2.75 bits per heavy atom. The average molecular weight is 489 g/mol. The van der Waals surface area contributed by atoms with Crippen molar-refractivity contribution in [2.45, 2.75) is 52.2 Å². The number of rotatable bonds is 11. The maximum absolute atomic E-state index is 5.92. The standard InChI is InChI=1S/C27H36N8O/c1-18(2)20-11-27(34-31-15-20)33-26-7-6-24-25(32-26)10-21(14-30-24)22(12-28)13-29-8-5-9-35-16-23(17-35)36-19(3)4/h6-7,10-15,18-19,23H,5,8-9,16-17,28H2,1-4H3,(H,32,33,34). The number of nitrogens with zero attached hydrogens (tertiary/aromatic N) is 6. The second kappa shape index (κ2) is 12.0. The summed E-state index contributed by atoms with van der Waals surface area (Å²) in [6, 6.07) is 7.78. The molecule has 1 aliphatic heterocycles. The molecule has 1 fully saturated rings. The Morgan fingerprint density at radius 2 is 2.00 bits per heavy atom. The predicted molar refractivity (Wildman–Crippen MR) is 146 cm³/mol. The summed E-state index contributed by atoms with van der Waals surface area (Å²) in [5.74, 6) is 1.71. The summed E-state index contributed by atoms with van der Waals surface area (Å²) in [5.41, 5.74) is 10.3. The van der Waals surface area contributed by atoms with Gasteiger partial charge in [-0.3, -0.25) is 14.9 Å². The Labute approximate surface area is 212 Å². The number of ether oxygens (including phenoxy) is 1. The molecule has 4 heterocycles. The zero-order chi connectivity index (χ0) is 25.5. The molecule has 4 rings (SSSR count). The number of likely N-dealkylation sites (tertiary alicyclic amines) is 1. The molecule has 0 saturated carbocycles. The summed E-state index contributed by atoms with van der Waals surface area (Å²) in [4.78, 5) is 16.3. The molecule has 3 aromatic rings. The van der Waals surface area contributed by atoms with Gasteiger partial charge in [-0.2, -0.15) is 5.10 Å².